The Morgan fingerprint density at radius 1 is 1.09 bits per heavy atom. The molecule has 0 spiro atoms. The standard InChI is InChI=1S/C22H31N9O2/c23-20(24)26-17-5-10-29(11-6-17)15-16-1-3-18(4-2-16)31-12-7-19(28-22(31)33)27-21(32)30-13-8-25-9-14-30/h1-4,7,12,17,25H,5-6,8-11,13-15H2,(H4,23,24,26)(H,27,28,32,33). The molecule has 11 nitrogen and oxygen atoms in total. The van der Waals surface area contributed by atoms with Gasteiger partial charge in [-0.2, -0.15) is 4.98 Å². The predicted molar refractivity (Wildman–Crippen MR) is 127 cm³/mol. The predicted octanol–water partition coefficient (Wildman–Crippen LogP) is -0.0926. The van der Waals surface area contributed by atoms with Crippen LogP contribution in [0.25, 0.3) is 5.69 Å². The van der Waals surface area contributed by atoms with Crippen LogP contribution in [0, 0.1) is 0 Å². The van der Waals surface area contributed by atoms with Crippen molar-refractivity contribution in [2.75, 3.05) is 44.6 Å². The van der Waals surface area contributed by atoms with Gasteiger partial charge in [0.05, 0.1) is 11.7 Å². The highest BCUT2D eigenvalue weighted by Gasteiger charge is 2.19. The van der Waals surface area contributed by atoms with Crippen LogP contribution in [0.5, 0.6) is 0 Å². The molecule has 2 fully saturated rings. The molecule has 3 heterocycles. The number of likely N-dealkylation sites (tertiary alicyclic amines) is 1. The van der Waals surface area contributed by atoms with E-state index in [0.29, 0.717) is 13.1 Å². The van der Waals surface area contributed by atoms with Gasteiger partial charge in [-0.25, -0.2) is 9.59 Å². The van der Waals surface area contributed by atoms with Crippen molar-refractivity contribution in [1.29, 1.82) is 0 Å². The lowest BCUT2D eigenvalue weighted by molar-refractivity contribution is 0.204. The minimum atomic E-state index is -0.442. The number of anilines is 1. The van der Waals surface area contributed by atoms with E-state index in [1.54, 1.807) is 17.2 Å². The monoisotopic (exact) mass is 453 g/mol. The number of piperidine rings is 1. The smallest absolute Gasteiger partial charge is 0.354 e. The number of hydrogen-bond acceptors (Lipinski definition) is 6. The Balaban J connectivity index is 1.34. The first-order chi connectivity index (χ1) is 16.0. The summed E-state index contributed by atoms with van der Waals surface area (Å²) in [5, 5.41) is 5.90. The van der Waals surface area contributed by atoms with Gasteiger partial charge in [0, 0.05) is 52.0 Å². The Hall–Kier alpha value is -3.44. The van der Waals surface area contributed by atoms with Crippen LogP contribution >= 0.6 is 0 Å². The molecule has 11 heteroatoms. The number of rotatable bonds is 5. The van der Waals surface area contributed by atoms with Gasteiger partial charge in [0.1, 0.15) is 5.82 Å². The van der Waals surface area contributed by atoms with Crippen LogP contribution in [0.2, 0.25) is 0 Å². The van der Waals surface area contributed by atoms with E-state index in [4.69, 9.17) is 11.5 Å². The minimum absolute atomic E-state index is 0.156. The zero-order chi connectivity index (χ0) is 23.2. The maximum absolute atomic E-state index is 12.5. The molecule has 2 aliphatic heterocycles. The highest BCUT2D eigenvalue weighted by Crippen LogP contribution is 2.17. The van der Waals surface area contributed by atoms with Crippen LogP contribution in [0.15, 0.2) is 46.3 Å². The summed E-state index contributed by atoms with van der Waals surface area (Å²) in [4.78, 5) is 37.2. The second-order valence-electron chi connectivity index (χ2n) is 8.36. The number of urea groups is 1. The number of amides is 2. The van der Waals surface area contributed by atoms with E-state index < -0.39 is 5.69 Å². The number of benzene rings is 1. The molecule has 2 aliphatic rings. The second-order valence-corrected chi connectivity index (χ2v) is 8.36. The number of guanidine groups is 1. The third-order valence-electron chi connectivity index (χ3n) is 5.95. The second kappa shape index (κ2) is 10.5. The fourth-order valence-corrected chi connectivity index (χ4v) is 4.16. The van der Waals surface area contributed by atoms with E-state index in [9.17, 15) is 9.59 Å². The van der Waals surface area contributed by atoms with Gasteiger partial charge in [-0.05, 0) is 36.6 Å². The lowest BCUT2D eigenvalue weighted by atomic mass is 10.0. The van der Waals surface area contributed by atoms with Crippen molar-refractivity contribution in [3.05, 3.63) is 52.6 Å². The molecule has 0 radical (unpaired) electrons. The molecule has 4 rings (SSSR count). The highest BCUT2D eigenvalue weighted by molar-refractivity contribution is 5.88. The van der Waals surface area contributed by atoms with Gasteiger partial charge in [-0.15, -0.1) is 0 Å². The molecule has 0 aliphatic carbocycles. The molecule has 1 aromatic carbocycles. The molecule has 1 aromatic heterocycles. The van der Waals surface area contributed by atoms with E-state index in [-0.39, 0.29) is 23.9 Å². The molecule has 6 N–H and O–H groups in total. The number of carbonyl (C=O) groups excluding carboxylic acids is 1. The largest absolute Gasteiger partial charge is 0.370 e. The number of aromatic nitrogens is 2. The third-order valence-corrected chi connectivity index (χ3v) is 5.95. The summed E-state index contributed by atoms with van der Waals surface area (Å²) in [6.07, 6.45) is 3.51. The zero-order valence-electron chi connectivity index (χ0n) is 18.6. The molecule has 176 valence electrons. The summed E-state index contributed by atoms with van der Waals surface area (Å²) in [5.41, 5.74) is 12.4. The van der Waals surface area contributed by atoms with Crippen LogP contribution in [-0.4, -0.2) is 76.7 Å². The maximum atomic E-state index is 12.5. The summed E-state index contributed by atoms with van der Waals surface area (Å²) in [6.45, 7) is 5.48. The molecule has 2 saturated heterocycles. The zero-order valence-corrected chi connectivity index (χ0v) is 18.6. The summed E-state index contributed by atoms with van der Waals surface area (Å²) >= 11 is 0. The minimum Gasteiger partial charge on any atom is -0.370 e. The van der Waals surface area contributed by atoms with Gasteiger partial charge in [0.25, 0.3) is 0 Å². The molecule has 0 unspecified atom stereocenters. The Kier molecular flexibility index (Phi) is 7.20. The van der Waals surface area contributed by atoms with Crippen LogP contribution in [0.1, 0.15) is 18.4 Å². The topological polar surface area (TPSA) is 147 Å². The maximum Gasteiger partial charge on any atom is 0.354 e. The van der Waals surface area contributed by atoms with E-state index in [1.165, 1.54) is 10.1 Å². The number of aliphatic imine (C=N–C) groups is 1. The fourth-order valence-electron chi connectivity index (χ4n) is 4.16. The van der Waals surface area contributed by atoms with Gasteiger partial charge in [-0.3, -0.25) is 19.8 Å². The highest BCUT2D eigenvalue weighted by atomic mass is 16.2. The number of carbonyl (C=O) groups is 1. The third kappa shape index (κ3) is 6.08. The normalized spacial score (nSPS) is 17.5. The van der Waals surface area contributed by atoms with Gasteiger partial charge in [-0.1, -0.05) is 12.1 Å². The molecule has 0 saturated carbocycles. The van der Waals surface area contributed by atoms with Crippen LogP contribution in [-0.2, 0) is 6.54 Å². The molecule has 2 aromatic rings. The van der Waals surface area contributed by atoms with E-state index in [2.05, 4.69) is 25.5 Å². The van der Waals surface area contributed by atoms with E-state index >= 15 is 0 Å². The SMILES string of the molecule is NC(N)=NC1CCN(Cc2ccc(-n3ccc(NC(=O)N4CCNCC4)nc3=O)cc2)CC1. The summed E-state index contributed by atoms with van der Waals surface area (Å²) < 4.78 is 1.46. The first-order valence-electron chi connectivity index (χ1n) is 11.2. The summed E-state index contributed by atoms with van der Waals surface area (Å²) in [5.74, 6) is 0.407. The first kappa shape index (κ1) is 22.7. The van der Waals surface area contributed by atoms with Crippen molar-refractivity contribution in [2.24, 2.45) is 16.5 Å². The number of nitrogens with two attached hydrogens (primary N) is 2. The Morgan fingerprint density at radius 2 is 1.79 bits per heavy atom. The van der Waals surface area contributed by atoms with Gasteiger partial charge in [0.15, 0.2) is 5.96 Å². The van der Waals surface area contributed by atoms with E-state index in [0.717, 1.165) is 51.3 Å². The van der Waals surface area contributed by atoms with Crippen molar-refractivity contribution in [3.63, 3.8) is 0 Å². The lowest BCUT2D eigenvalue weighted by Crippen LogP contribution is -2.48. The number of nitrogens with one attached hydrogen (secondary N) is 2. The van der Waals surface area contributed by atoms with Crippen molar-refractivity contribution < 1.29 is 4.79 Å². The van der Waals surface area contributed by atoms with Gasteiger partial charge in [0.2, 0.25) is 0 Å². The fraction of sp³-hybridized carbons (Fsp3) is 0.455. The van der Waals surface area contributed by atoms with Crippen molar-refractivity contribution in [1.82, 2.24) is 24.7 Å². The van der Waals surface area contributed by atoms with Crippen molar-refractivity contribution in [2.45, 2.75) is 25.4 Å². The molecule has 0 bridgehead atoms. The average Bonchev–Trinajstić information content (AvgIpc) is 2.81. The quantitative estimate of drug-likeness (QED) is 0.365. The number of nitrogens with zero attached hydrogens (tertiary/aromatic N) is 5. The molecule has 33 heavy (non-hydrogen) atoms. The molecular weight excluding hydrogens is 422 g/mol. The Morgan fingerprint density at radius 3 is 2.42 bits per heavy atom. The average molecular weight is 454 g/mol. The van der Waals surface area contributed by atoms with Gasteiger partial charge < -0.3 is 21.7 Å². The Labute approximate surface area is 192 Å². The van der Waals surface area contributed by atoms with Crippen LogP contribution in [0.3, 0.4) is 0 Å². The van der Waals surface area contributed by atoms with Crippen molar-refractivity contribution >= 4 is 17.8 Å². The van der Waals surface area contributed by atoms with Crippen LogP contribution in [0.4, 0.5) is 10.6 Å². The van der Waals surface area contributed by atoms with Crippen molar-refractivity contribution in [3.8, 4) is 5.69 Å². The Bertz CT molecular complexity index is 1030. The van der Waals surface area contributed by atoms with Gasteiger partial charge >= 0.3 is 11.7 Å². The molecular formula is C22H31N9O2. The molecule has 2 amide bonds. The lowest BCUT2D eigenvalue weighted by Gasteiger charge is -2.30. The van der Waals surface area contributed by atoms with Crippen LogP contribution < -0.4 is 27.8 Å². The van der Waals surface area contributed by atoms with E-state index in [1.807, 2.05) is 24.3 Å². The number of hydrogen-bond donors (Lipinski definition) is 4. The summed E-state index contributed by atoms with van der Waals surface area (Å²) in [7, 11) is 0. The molecule has 0 atom stereocenters. The number of piperazine rings is 1. The first-order valence-corrected chi connectivity index (χ1v) is 11.2. The summed E-state index contributed by atoms with van der Waals surface area (Å²) in [6, 6.07) is 9.45.